The Kier molecular flexibility index (Phi) is 3.21. The lowest BCUT2D eigenvalue weighted by atomic mass is 10.3. The van der Waals surface area contributed by atoms with Crippen LogP contribution in [0.3, 0.4) is 0 Å². The molecule has 0 saturated carbocycles. The van der Waals surface area contributed by atoms with Crippen LogP contribution >= 0.6 is 0 Å². The van der Waals surface area contributed by atoms with Crippen molar-refractivity contribution in [1.82, 2.24) is 14.8 Å². The third-order valence-electron chi connectivity index (χ3n) is 2.25. The Bertz CT molecular complexity index is 723. The van der Waals surface area contributed by atoms with Gasteiger partial charge in [-0.25, -0.2) is 18.2 Å². The zero-order valence-corrected chi connectivity index (χ0v) is 10.6. The van der Waals surface area contributed by atoms with Crippen LogP contribution in [-0.4, -0.2) is 34.3 Å². The summed E-state index contributed by atoms with van der Waals surface area (Å²) in [6.07, 6.45) is 3.74. The molecular weight excluding hydrogens is 272 g/mol. The van der Waals surface area contributed by atoms with Crippen LogP contribution in [0.1, 0.15) is 10.5 Å². The first kappa shape index (κ1) is 13.0. The molecule has 0 unspecified atom stereocenters. The average molecular weight is 282 g/mol. The summed E-state index contributed by atoms with van der Waals surface area (Å²) in [7, 11) is -2.31. The first-order chi connectivity index (χ1) is 8.90. The topological polar surface area (TPSA) is 114 Å². The predicted octanol–water partition coefficient (Wildman–Crippen LogP) is 0.314. The van der Waals surface area contributed by atoms with Gasteiger partial charge in [0.15, 0.2) is 5.69 Å². The molecule has 2 aromatic rings. The molecule has 8 nitrogen and oxygen atoms in total. The van der Waals surface area contributed by atoms with E-state index in [0.29, 0.717) is 0 Å². The molecule has 2 heterocycles. The number of sulfonamides is 1. The number of aromatic nitrogens is 3. The molecule has 0 saturated heterocycles. The molecule has 9 heteroatoms. The van der Waals surface area contributed by atoms with Gasteiger partial charge >= 0.3 is 5.97 Å². The average Bonchev–Trinajstić information content (AvgIpc) is 2.76. The number of aryl methyl sites for hydroxylation is 1. The van der Waals surface area contributed by atoms with Gasteiger partial charge in [-0.05, 0) is 12.1 Å². The van der Waals surface area contributed by atoms with Crippen molar-refractivity contribution in [2.45, 2.75) is 4.90 Å². The van der Waals surface area contributed by atoms with E-state index in [9.17, 15) is 13.2 Å². The second-order valence-electron chi connectivity index (χ2n) is 3.66. The van der Waals surface area contributed by atoms with Crippen LogP contribution in [0, 0.1) is 0 Å². The molecule has 0 aromatic carbocycles. The number of pyridine rings is 1. The van der Waals surface area contributed by atoms with E-state index in [-0.39, 0.29) is 16.3 Å². The number of aromatic carboxylic acids is 1. The summed E-state index contributed by atoms with van der Waals surface area (Å²) < 4.78 is 27.5. The first-order valence-corrected chi connectivity index (χ1v) is 6.58. The predicted molar refractivity (Wildman–Crippen MR) is 65.2 cm³/mol. The molecule has 0 aliphatic carbocycles. The second-order valence-corrected chi connectivity index (χ2v) is 5.34. The number of carboxylic acid groups (broad SMARTS) is 1. The highest BCUT2D eigenvalue weighted by molar-refractivity contribution is 7.92. The Morgan fingerprint density at radius 3 is 2.79 bits per heavy atom. The highest BCUT2D eigenvalue weighted by Gasteiger charge is 2.20. The zero-order valence-electron chi connectivity index (χ0n) is 9.81. The molecule has 100 valence electrons. The van der Waals surface area contributed by atoms with E-state index in [4.69, 9.17) is 5.11 Å². The minimum Gasteiger partial charge on any atom is -0.476 e. The van der Waals surface area contributed by atoms with Gasteiger partial charge in [-0.1, -0.05) is 0 Å². The highest BCUT2D eigenvalue weighted by atomic mass is 32.2. The van der Waals surface area contributed by atoms with Crippen LogP contribution in [0.4, 0.5) is 5.69 Å². The van der Waals surface area contributed by atoms with Gasteiger partial charge in [-0.3, -0.25) is 9.40 Å². The van der Waals surface area contributed by atoms with E-state index in [1.807, 2.05) is 0 Å². The van der Waals surface area contributed by atoms with E-state index in [0.717, 1.165) is 0 Å². The number of carbonyl (C=O) groups is 1. The van der Waals surface area contributed by atoms with Crippen LogP contribution in [0.15, 0.2) is 35.6 Å². The Morgan fingerprint density at radius 1 is 1.47 bits per heavy atom. The number of rotatable bonds is 4. The van der Waals surface area contributed by atoms with Gasteiger partial charge < -0.3 is 5.11 Å². The minimum absolute atomic E-state index is 0.0600. The Labute approximate surface area is 108 Å². The van der Waals surface area contributed by atoms with Crippen molar-refractivity contribution in [1.29, 1.82) is 0 Å². The van der Waals surface area contributed by atoms with Gasteiger partial charge in [0.25, 0.3) is 10.0 Å². The van der Waals surface area contributed by atoms with Crippen LogP contribution in [0.5, 0.6) is 0 Å². The van der Waals surface area contributed by atoms with Crippen LogP contribution in [0.2, 0.25) is 0 Å². The molecule has 0 fully saturated rings. The van der Waals surface area contributed by atoms with Crippen molar-refractivity contribution < 1.29 is 18.3 Å². The molecule has 0 amide bonds. The fraction of sp³-hybridized carbons (Fsp3) is 0.100. The van der Waals surface area contributed by atoms with E-state index in [1.165, 1.54) is 35.4 Å². The van der Waals surface area contributed by atoms with E-state index in [2.05, 4.69) is 14.8 Å². The second kappa shape index (κ2) is 4.69. The van der Waals surface area contributed by atoms with Gasteiger partial charge in [0, 0.05) is 19.4 Å². The van der Waals surface area contributed by atoms with Crippen molar-refractivity contribution in [3.8, 4) is 0 Å². The summed E-state index contributed by atoms with van der Waals surface area (Å²) in [5.41, 5.74) is -0.464. The SMILES string of the molecule is Cn1cc(S(=O)(=O)Nc2cccnc2C(=O)O)cn1. The number of hydrogen-bond acceptors (Lipinski definition) is 5. The monoisotopic (exact) mass is 282 g/mol. The summed E-state index contributed by atoms with van der Waals surface area (Å²) in [4.78, 5) is 14.5. The maximum atomic E-state index is 12.0. The molecule has 19 heavy (non-hydrogen) atoms. The molecule has 2 aromatic heterocycles. The number of carboxylic acids is 1. The van der Waals surface area contributed by atoms with Gasteiger partial charge in [0.1, 0.15) is 4.90 Å². The third-order valence-corrected chi connectivity index (χ3v) is 3.57. The smallest absolute Gasteiger partial charge is 0.356 e. The Balaban J connectivity index is 2.39. The van der Waals surface area contributed by atoms with Crippen molar-refractivity contribution in [2.75, 3.05) is 4.72 Å². The maximum Gasteiger partial charge on any atom is 0.356 e. The maximum absolute atomic E-state index is 12.0. The molecule has 0 bridgehead atoms. The van der Waals surface area contributed by atoms with Crippen molar-refractivity contribution >= 4 is 21.7 Å². The zero-order chi connectivity index (χ0) is 14.0. The normalized spacial score (nSPS) is 11.2. The summed E-state index contributed by atoms with van der Waals surface area (Å²) >= 11 is 0. The molecule has 0 spiro atoms. The van der Waals surface area contributed by atoms with Crippen LogP contribution in [0.25, 0.3) is 0 Å². The molecule has 2 N–H and O–H groups in total. The van der Waals surface area contributed by atoms with Gasteiger partial charge in [0.2, 0.25) is 0 Å². The molecule has 0 aliphatic rings. The lowest BCUT2D eigenvalue weighted by Crippen LogP contribution is -2.16. The Hall–Kier alpha value is -2.42. The first-order valence-electron chi connectivity index (χ1n) is 5.10. The summed E-state index contributed by atoms with van der Waals surface area (Å²) in [5.74, 6) is -1.32. The van der Waals surface area contributed by atoms with Crippen molar-refractivity contribution in [3.63, 3.8) is 0 Å². The molecule has 0 atom stereocenters. The van der Waals surface area contributed by atoms with E-state index < -0.39 is 16.0 Å². The van der Waals surface area contributed by atoms with Gasteiger partial charge in [-0.15, -0.1) is 0 Å². The summed E-state index contributed by atoms with van der Waals surface area (Å²) in [5, 5.41) is 12.7. The van der Waals surface area contributed by atoms with Crippen LogP contribution < -0.4 is 4.72 Å². The van der Waals surface area contributed by atoms with Crippen molar-refractivity contribution in [2.24, 2.45) is 7.05 Å². The van der Waals surface area contributed by atoms with Gasteiger partial charge in [-0.2, -0.15) is 5.10 Å². The molecule has 0 aliphatic heterocycles. The number of nitrogens with zero attached hydrogens (tertiary/aromatic N) is 3. The third kappa shape index (κ3) is 2.71. The molecular formula is C10H10N4O4S. The largest absolute Gasteiger partial charge is 0.476 e. The Morgan fingerprint density at radius 2 is 2.21 bits per heavy atom. The van der Waals surface area contributed by atoms with E-state index >= 15 is 0 Å². The van der Waals surface area contributed by atoms with Gasteiger partial charge in [0.05, 0.1) is 11.9 Å². The van der Waals surface area contributed by atoms with E-state index in [1.54, 1.807) is 7.05 Å². The minimum atomic E-state index is -3.89. The summed E-state index contributed by atoms with van der Waals surface area (Å²) in [6, 6.07) is 2.76. The lowest BCUT2D eigenvalue weighted by Gasteiger charge is -2.07. The number of anilines is 1. The lowest BCUT2D eigenvalue weighted by molar-refractivity contribution is 0.0692. The van der Waals surface area contributed by atoms with Crippen LogP contribution in [-0.2, 0) is 17.1 Å². The molecule has 2 rings (SSSR count). The number of nitrogens with one attached hydrogen (secondary N) is 1. The highest BCUT2D eigenvalue weighted by Crippen LogP contribution is 2.17. The number of hydrogen-bond donors (Lipinski definition) is 2. The molecule has 0 radical (unpaired) electrons. The quantitative estimate of drug-likeness (QED) is 0.834. The standard InChI is InChI=1S/C10H10N4O4S/c1-14-6-7(5-12-14)19(17,18)13-8-3-2-4-11-9(8)10(15)16/h2-6,13H,1H3,(H,15,16). The van der Waals surface area contributed by atoms with Crippen molar-refractivity contribution in [3.05, 3.63) is 36.4 Å². The fourth-order valence-electron chi connectivity index (χ4n) is 1.40. The fourth-order valence-corrected chi connectivity index (χ4v) is 2.45. The summed E-state index contributed by atoms with van der Waals surface area (Å²) in [6.45, 7) is 0.